The molecule has 0 aromatic rings. The molecule has 5 nitrogen and oxygen atoms in total. The number of thiocarbonyl (C=S) groups is 1. The number of rotatable bonds is 2. The second-order valence-electron chi connectivity index (χ2n) is 3.62. The molecule has 0 bridgehead atoms. The average molecular weight is 236 g/mol. The van der Waals surface area contributed by atoms with Gasteiger partial charge < -0.3 is 15.3 Å². The minimum atomic E-state index is -2.93. The van der Waals surface area contributed by atoms with E-state index in [4.69, 9.17) is 17.3 Å². The number of aliphatic hydroxyl groups excluding tert-OH is 1. The molecule has 0 amide bonds. The lowest BCUT2D eigenvalue weighted by Crippen LogP contribution is -2.38. The Labute approximate surface area is 88.0 Å². The molecule has 0 aliphatic carbocycles. The fourth-order valence-electron chi connectivity index (χ4n) is 2.04. The van der Waals surface area contributed by atoms with Gasteiger partial charge in [0.1, 0.15) is 0 Å². The molecule has 2 atom stereocenters. The highest BCUT2D eigenvalue weighted by molar-refractivity contribution is 7.91. The van der Waals surface area contributed by atoms with Gasteiger partial charge in [-0.3, -0.25) is 0 Å². The molecule has 0 saturated carbocycles. The largest absolute Gasteiger partial charge is 0.395 e. The Kier molecular flexibility index (Phi) is 2.40. The first-order valence-corrected chi connectivity index (χ1v) is 6.65. The number of aliphatic hydroxyl groups is 1. The smallest absolute Gasteiger partial charge is 0.169 e. The van der Waals surface area contributed by atoms with Crippen LogP contribution < -0.4 is 5.32 Å². The number of fused-ring (bicyclic) bond motifs is 1. The lowest BCUT2D eigenvalue weighted by atomic mass is 10.2. The second kappa shape index (κ2) is 3.32. The second-order valence-corrected chi connectivity index (χ2v) is 6.16. The van der Waals surface area contributed by atoms with Crippen molar-refractivity contribution in [3.05, 3.63) is 0 Å². The Morgan fingerprint density at radius 1 is 1.57 bits per heavy atom. The summed E-state index contributed by atoms with van der Waals surface area (Å²) in [5.41, 5.74) is 0. The average Bonchev–Trinajstić information content (AvgIpc) is 2.47. The van der Waals surface area contributed by atoms with Crippen molar-refractivity contribution in [2.24, 2.45) is 0 Å². The minimum absolute atomic E-state index is 0.00884. The maximum absolute atomic E-state index is 11.3. The molecule has 2 N–H and O–H groups in total. The highest BCUT2D eigenvalue weighted by atomic mass is 32.2. The number of sulfone groups is 1. The van der Waals surface area contributed by atoms with Crippen LogP contribution in [0, 0.1) is 0 Å². The number of hydrogen-bond donors (Lipinski definition) is 2. The van der Waals surface area contributed by atoms with E-state index in [1.807, 2.05) is 0 Å². The van der Waals surface area contributed by atoms with Gasteiger partial charge >= 0.3 is 0 Å². The van der Waals surface area contributed by atoms with Crippen LogP contribution in [-0.4, -0.2) is 60.3 Å². The van der Waals surface area contributed by atoms with Gasteiger partial charge in [0.05, 0.1) is 30.2 Å². The monoisotopic (exact) mass is 236 g/mol. The van der Waals surface area contributed by atoms with Gasteiger partial charge in [0.25, 0.3) is 0 Å². The van der Waals surface area contributed by atoms with Crippen LogP contribution >= 0.6 is 12.2 Å². The maximum Gasteiger partial charge on any atom is 0.169 e. The van der Waals surface area contributed by atoms with Gasteiger partial charge in [-0.2, -0.15) is 0 Å². The van der Waals surface area contributed by atoms with Gasteiger partial charge in [-0.1, -0.05) is 0 Å². The summed E-state index contributed by atoms with van der Waals surface area (Å²) in [5, 5.41) is 12.3. The molecule has 0 unspecified atom stereocenters. The summed E-state index contributed by atoms with van der Waals surface area (Å²) in [6.07, 6.45) is 0. The van der Waals surface area contributed by atoms with Crippen LogP contribution in [0.5, 0.6) is 0 Å². The first-order chi connectivity index (χ1) is 6.53. The van der Waals surface area contributed by atoms with Gasteiger partial charge in [0, 0.05) is 6.54 Å². The van der Waals surface area contributed by atoms with Crippen molar-refractivity contribution < 1.29 is 13.5 Å². The van der Waals surface area contributed by atoms with Crippen LogP contribution in [0.3, 0.4) is 0 Å². The van der Waals surface area contributed by atoms with E-state index in [9.17, 15) is 8.42 Å². The molecular weight excluding hydrogens is 224 g/mol. The molecule has 2 aliphatic heterocycles. The van der Waals surface area contributed by atoms with E-state index in [-0.39, 0.29) is 30.2 Å². The summed E-state index contributed by atoms with van der Waals surface area (Å²) in [7, 11) is -2.93. The Balaban J connectivity index is 2.17. The normalized spacial score (nSPS) is 34.4. The number of hydrogen-bond acceptors (Lipinski definition) is 4. The van der Waals surface area contributed by atoms with Crippen molar-refractivity contribution in [2.45, 2.75) is 12.1 Å². The van der Waals surface area contributed by atoms with Crippen LogP contribution in [0.4, 0.5) is 0 Å². The zero-order valence-corrected chi connectivity index (χ0v) is 9.14. The molecule has 0 radical (unpaired) electrons. The van der Waals surface area contributed by atoms with E-state index >= 15 is 0 Å². The number of nitrogens with zero attached hydrogens (tertiary/aromatic N) is 1. The van der Waals surface area contributed by atoms with Gasteiger partial charge in [-0.15, -0.1) is 0 Å². The summed E-state index contributed by atoms with van der Waals surface area (Å²) >= 11 is 5.04. The Morgan fingerprint density at radius 3 is 2.93 bits per heavy atom. The summed E-state index contributed by atoms with van der Waals surface area (Å²) in [6.45, 7) is 0.396. The quantitative estimate of drug-likeness (QED) is 0.559. The fraction of sp³-hybridized carbons (Fsp3) is 0.857. The zero-order valence-electron chi connectivity index (χ0n) is 7.51. The van der Waals surface area contributed by atoms with Crippen molar-refractivity contribution in [1.82, 2.24) is 10.2 Å². The first kappa shape index (κ1) is 10.1. The number of β-amino-alcohol motifs (C(OH)–C–C–N with tert-alkyl or cyclic N) is 1. The van der Waals surface area contributed by atoms with E-state index < -0.39 is 9.84 Å². The zero-order chi connectivity index (χ0) is 10.3. The molecule has 2 fully saturated rings. The maximum atomic E-state index is 11.3. The standard InChI is InChI=1S/C7H12N2O3S2/c10-2-1-9-6-4-14(11,12)3-5(6)8-7(9)13/h5-6,10H,1-4H2,(H,8,13)/t5-,6+/m0/s1. The Bertz CT molecular complexity index is 354. The third-order valence-electron chi connectivity index (χ3n) is 2.63. The summed E-state index contributed by atoms with van der Waals surface area (Å²) < 4.78 is 22.7. The van der Waals surface area contributed by atoms with Gasteiger partial charge in [-0.05, 0) is 12.2 Å². The fourth-order valence-corrected chi connectivity index (χ4v) is 4.34. The van der Waals surface area contributed by atoms with Crippen LogP contribution in [0.25, 0.3) is 0 Å². The minimum Gasteiger partial charge on any atom is -0.395 e. The SMILES string of the molecule is O=S1(=O)C[C@@H]2NC(=S)N(CCO)[C@@H]2C1. The van der Waals surface area contributed by atoms with E-state index in [2.05, 4.69) is 5.32 Å². The Hall–Kier alpha value is -0.400. The first-order valence-electron chi connectivity index (χ1n) is 4.42. The van der Waals surface area contributed by atoms with Crippen molar-refractivity contribution >= 4 is 27.2 Å². The van der Waals surface area contributed by atoms with Crippen LogP contribution in [0.2, 0.25) is 0 Å². The third-order valence-corrected chi connectivity index (χ3v) is 4.70. The predicted molar refractivity (Wildman–Crippen MR) is 55.8 cm³/mol. The molecule has 0 aromatic carbocycles. The highest BCUT2D eigenvalue weighted by Crippen LogP contribution is 2.23. The lowest BCUT2D eigenvalue weighted by Gasteiger charge is -2.21. The van der Waals surface area contributed by atoms with Crippen molar-refractivity contribution in [2.75, 3.05) is 24.7 Å². The summed E-state index contributed by atoms with van der Waals surface area (Å²) in [5.74, 6) is 0.296. The topological polar surface area (TPSA) is 69.6 Å². The third kappa shape index (κ3) is 1.59. The van der Waals surface area contributed by atoms with E-state index in [1.165, 1.54) is 0 Å². The highest BCUT2D eigenvalue weighted by Gasteiger charge is 2.46. The lowest BCUT2D eigenvalue weighted by molar-refractivity contribution is 0.235. The Morgan fingerprint density at radius 2 is 2.29 bits per heavy atom. The van der Waals surface area contributed by atoms with E-state index in [0.29, 0.717) is 11.7 Å². The summed E-state index contributed by atoms with van der Waals surface area (Å²) in [6, 6.07) is -0.168. The number of nitrogens with one attached hydrogen (secondary N) is 1. The molecule has 2 aliphatic rings. The molecule has 0 spiro atoms. The van der Waals surface area contributed by atoms with Crippen molar-refractivity contribution in [3.63, 3.8) is 0 Å². The molecule has 14 heavy (non-hydrogen) atoms. The summed E-state index contributed by atoms with van der Waals surface area (Å²) in [4.78, 5) is 1.77. The van der Waals surface area contributed by atoms with Gasteiger partial charge in [0.2, 0.25) is 0 Å². The van der Waals surface area contributed by atoms with Crippen molar-refractivity contribution in [3.8, 4) is 0 Å². The van der Waals surface area contributed by atoms with Gasteiger partial charge in [-0.25, -0.2) is 8.42 Å². The predicted octanol–water partition coefficient (Wildman–Crippen LogP) is -1.67. The molecule has 2 heterocycles. The molecule has 0 aromatic heterocycles. The molecule has 7 heteroatoms. The van der Waals surface area contributed by atoms with Crippen LogP contribution in [-0.2, 0) is 9.84 Å². The van der Waals surface area contributed by atoms with Crippen molar-refractivity contribution in [1.29, 1.82) is 0 Å². The van der Waals surface area contributed by atoms with Gasteiger partial charge in [0.15, 0.2) is 14.9 Å². The van der Waals surface area contributed by atoms with Crippen LogP contribution in [0.15, 0.2) is 0 Å². The molecule has 2 rings (SSSR count). The molecule has 80 valence electrons. The van der Waals surface area contributed by atoms with E-state index in [0.717, 1.165) is 0 Å². The van der Waals surface area contributed by atoms with E-state index in [1.54, 1.807) is 4.90 Å². The van der Waals surface area contributed by atoms with Crippen LogP contribution in [0.1, 0.15) is 0 Å². The molecular formula is C7H12N2O3S2. The molecule has 2 saturated heterocycles.